The number of rotatable bonds is 0. The largest absolute Gasteiger partial charge is 2.00 e. The van der Waals surface area contributed by atoms with Gasteiger partial charge in [-0.25, -0.2) is 0 Å². The molecule has 1 nitrogen and oxygen atoms in total. The molecular formula is C12H2Cl10Na2O. The Bertz CT molecular complexity index is 612. The van der Waals surface area contributed by atoms with E-state index in [-0.39, 0.29) is 94.7 Å². The fourth-order valence-corrected chi connectivity index (χ4v) is 3.31. The van der Waals surface area contributed by atoms with E-state index in [1.165, 1.54) is 12.1 Å². The predicted molar refractivity (Wildman–Crippen MR) is 104 cm³/mol. The van der Waals surface area contributed by atoms with E-state index in [9.17, 15) is 0 Å². The molecule has 128 valence electrons. The van der Waals surface area contributed by atoms with Gasteiger partial charge in [-0.15, -0.1) is 0 Å². The van der Waals surface area contributed by atoms with Gasteiger partial charge in [-0.1, -0.05) is 116 Å². The Morgan fingerprint density at radius 2 is 0.520 bits per heavy atom. The van der Waals surface area contributed by atoms with Gasteiger partial charge in [0, 0.05) is 0 Å². The van der Waals surface area contributed by atoms with Crippen molar-refractivity contribution in [3.8, 4) is 0 Å². The Labute approximate surface area is 239 Å². The third-order valence-electron chi connectivity index (χ3n) is 2.12. The molecule has 0 unspecified atom stereocenters. The molecule has 0 spiro atoms. The molecular weight excluding hydrogens is 561 g/mol. The van der Waals surface area contributed by atoms with Gasteiger partial charge in [-0.3, -0.25) is 0 Å². The average Bonchev–Trinajstić information content (AvgIpc) is 2.47. The summed E-state index contributed by atoms with van der Waals surface area (Å²) < 4.78 is 0. The van der Waals surface area contributed by atoms with Crippen LogP contribution in [-0.2, 0) is 5.48 Å². The first-order valence-corrected chi connectivity index (χ1v) is 8.82. The summed E-state index contributed by atoms with van der Waals surface area (Å²) in [5.41, 5.74) is 0. The van der Waals surface area contributed by atoms with Crippen molar-refractivity contribution in [3.05, 3.63) is 62.4 Å². The second-order valence-electron chi connectivity index (χ2n) is 3.56. The molecule has 0 bridgehead atoms. The topological polar surface area (TPSA) is 28.5 Å². The Hall–Kier alpha value is 3.30. The minimum atomic E-state index is 0. The van der Waals surface area contributed by atoms with Crippen LogP contribution >= 0.6 is 116 Å². The van der Waals surface area contributed by atoms with Gasteiger partial charge in [-0.05, 0) is 12.1 Å². The van der Waals surface area contributed by atoms with E-state index < -0.39 is 0 Å². The van der Waals surface area contributed by atoms with E-state index in [2.05, 4.69) is 0 Å². The molecule has 2 aromatic carbocycles. The Morgan fingerprint density at radius 1 is 0.360 bits per heavy atom. The summed E-state index contributed by atoms with van der Waals surface area (Å²) in [4.78, 5) is 0. The number of hydrogen-bond donors (Lipinski definition) is 0. The molecule has 0 heterocycles. The molecule has 13 heteroatoms. The summed E-state index contributed by atoms with van der Waals surface area (Å²) in [5.74, 6) is 0. The van der Waals surface area contributed by atoms with Crippen LogP contribution in [0.5, 0.6) is 0 Å². The van der Waals surface area contributed by atoms with Crippen molar-refractivity contribution in [2.75, 3.05) is 0 Å². The third-order valence-corrected chi connectivity index (χ3v) is 6.41. The first kappa shape index (κ1) is 33.0. The van der Waals surface area contributed by atoms with E-state index in [0.29, 0.717) is 20.1 Å². The molecule has 0 saturated carbocycles. The molecule has 25 heavy (non-hydrogen) atoms. The van der Waals surface area contributed by atoms with E-state index >= 15 is 0 Å². The Balaban J connectivity index is -0.000000346. The molecule has 0 fully saturated rings. The summed E-state index contributed by atoms with van der Waals surface area (Å²) in [6.45, 7) is 0. The first-order chi connectivity index (χ1) is 10.1. The maximum atomic E-state index is 5.66. The maximum Gasteiger partial charge on any atom is 1.00 e. The van der Waals surface area contributed by atoms with E-state index in [4.69, 9.17) is 116 Å². The van der Waals surface area contributed by atoms with Gasteiger partial charge in [0.05, 0.1) is 50.2 Å². The number of hydrogen-bond acceptors (Lipinski definition) is 0. The molecule has 0 radical (unpaired) electrons. The molecule has 0 atom stereocenters. The zero-order valence-corrected chi connectivity index (χ0v) is 23.9. The van der Waals surface area contributed by atoms with Crippen molar-refractivity contribution in [3.63, 3.8) is 0 Å². The van der Waals surface area contributed by atoms with Gasteiger partial charge in [0.15, 0.2) is 0 Å². The van der Waals surface area contributed by atoms with Crippen LogP contribution in [0.2, 0.25) is 50.2 Å². The minimum Gasteiger partial charge on any atom is -2.00 e. The molecule has 0 aliphatic carbocycles. The zero-order valence-electron chi connectivity index (χ0n) is 12.3. The van der Waals surface area contributed by atoms with Crippen LogP contribution in [0.15, 0.2) is 12.1 Å². The van der Waals surface area contributed by atoms with Crippen molar-refractivity contribution in [2.24, 2.45) is 0 Å². The summed E-state index contributed by atoms with van der Waals surface area (Å²) >= 11 is 56.4. The van der Waals surface area contributed by atoms with Crippen molar-refractivity contribution in [1.29, 1.82) is 0 Å². The van der Waals surface area contributed by atoms with Crippen LogP contribution in [0.4, 0.5) is 0 Å². The molecule has 0 aliphatic rings. The van der Waals surface area contributed by atoms with Crippen LogP contribution in [0.1, 0.15) is 0 Å². The van der Waals surface area contributed by atoms with Gasteiger partial charge < -0.3 is 5.48 Å². The molecule has 2 aromatic rings. The average molecular weight is 563 g/mol. The zero-order chi connectivity index (χ0) is 17.2. The second kappa shape index (κ2) is 15.2. The molecule has 0 amide bonds. The van der Waals surface area contributed by atoms with Crippen LogP contribution in [0, 0.1) is 0 Å². The fourth-order valence-electron chi connectivity index (χ4n) is 1.09. The molecule has 0 N–H and O–H groups in total. The van der Waals surface area contributed by atoms with E-state index in [0.717, 1.165) is 0 Å². The van der Waals surface area contributed by atoms with E-state index in [1.54, 1.807) is 0 Å². The second-order valence-corrected chi connectivity index (χ2v) is 7.46. The minimum absolute atomic E-state index is 0. The summed E-state index contributed by atoms with van der Waals surface area (Å²) in [6.07, 6.45) is 0. The van der Waals surface area contributed by atoms with Gasteiger partial charge in [0.1, 0.15) is 0 Å². The fraction of sp³-hybridized carbons (Fsp3) is 0. The number of halogens is 10. The molecule has 0 saturated heterocycles. The van der Waals surface area contributed by atoms with Gasteiger partial charge in [0.25, 0.3) is 0 Å². The van der Waals surface area contributed by atoms with Gasteiger partial charge >= 0.3 is 59.1 Å². The normalized spacial score (nSPS) is 9.04. The quantitative estimate of drug-likeness (QED) is 0.266. The van der Waals surface area contributed by atoms with Crippen molar-refractivity contribution >= 4 is 116 Å². The first-order valence-electron chi connectivity index (χ1n) is 5.04. The maximum absolute atomic E-state index is 5.66. The van der Waals surface area contributed by atoms with Crippen molar-refractivity contribution < 1.29 is 64.6 Å². The number of benzene rings is 2. The Morgan fingerprint density at radius 3 is 0.680 bits per heavy atom. The summed E-state index contributed by atoms with van der Waals surface area (Å²) in [5, 5.41) is 2.46. The van der Waals surface area contributed by atoms with Crippen molar-refractivity contribution in [1.82, 2.24) is 0 Å². The van der Waals surface area contributed by atoms with Gasteiger partial charge in [-0.2, -0.15) is 0 Å². The summed E-state index contributed by atoms with van der Waals surface area (Å²) in [6, 6.07) is 2.89. The van der Waals surface area contributed by atoms with Crippen LogP contribution < -0.4 is 59.1 Å². The van der Waals surface area contributed by atoms with Crippen LogP contribution in [0.25, 0.3) is 0 Å². The van der Waals surface area contributed by atoms with Crippen LogP contribution in [-0.4, -0.2) is 0 Å². The smallest absolute Gasteiger partial charge is 1.00 e. The molecule has 0 aliphatic heterocycles. The van der Waals surface area contributed by atoms with Crippen LogP contribution in [0.3, 0.4) is 0 Å². The third kappa shape index (κ3) is 9.32. The van der Waals surface area contributed by atoms with Gasteiger partial charge in [0.2, 0.25) is 0 Å². The standard InChI is InChI=1S/2C6HCl5.2Na.O/c2*7-2-1-3(8)5(10)6(11)4(2)9;;;/h2*1H;;;/q;;2*+1;-2. The van der Waals surface area contributed by atoms with Crippen molar-refractivity contribution in [2.45, 2.75) is 0 Å². The Kier molecular flexibility index (Phi) is 20.0. The monoisotopic (exact) mass is 558 g/mol. The molecule has 2 rings (SSSR count). The predicted octanol–water partition coefficient (Wildman–Crippen LogP) is 3.80. The SMILES string of the molecule is Clc1cc(Cl)c(Cl)c(Cl)c1Cl.Clc1cc(Cl)c(Cl)c(Cl)c1Cl.[Na+].[Na+].[O-2]. The summed E-state index contributed by atoms with van der Waals surface area (Å²) in [7, 11) is 0. The molecule has 0 aromatic heterocycles. The van der Waals surface area contributed by atoms with E-state index in [1.807, 2.05) is 0 Å².